The van der Waals surface area contributed by atoms with Gasteiger partial charge in [-0.25, -0.2) is 0 Å². The van der Waals surface area contributed by atoms with Crippen LogP contribution < -0.4 is 10.1 Å². The number of phenols is 1. The van der Waals surface area contributed by atoms with E-state index in [9.17, 15) is 9.90 Å². The number of benzene rings is 2. The number of carbonyl (C=O) groups is 1. The summed E-state index contributed by atoms with van der Waals surface area (Å²) in [7, 11) is 1.58. The molecule has 0 fully saturated rings. The van der Waals surface area contributed by atoms with Crippen LogP contribution in [0.5, 0.6) is 11.5 Å². The molecular formula is C21H24N4O3. The first-order valence-corrected chi connectivity index (χ1v) is 8.86. The molecule has 146 valence electrons. The number of aromatic hydroxyl groups is 1. The molecule has 28 heavy (non-hydrogen) atoms. The van der Waals surface area contributed by atoms with Gasteiger partial charge in [-0.05, 0) is 36.6 Å². The van der Waals surface area contributed by atoms with Crippen molar-refractivity contribution in [1.29, 1.82) is 0 Å². The number of amides is 1. The van der Waals surface area contributed by atoms with Gasteiger partial charge in [-0.2, -0.15) is 0 Å². The highest BCUT2D eigenvalue weighted by molar-refractivity contribution is 6.03. The minimum Gasteiger partial charge on any atom is -0.505 e. The van der Waals surface area contributed by atoms with Gasteiger partial charge in [0.25, 0.3) is 5.91 Å². The van der Waals surface area contributed by atoms with Crippen LogP contribution in [0.2, 0.25) is 0 Å². The lowest BCUT2D eigenvalue weighted by Gasteiger charge is -2.22. The number of anilines is 1. The summed E-state index contributed by atoms with van der Waals surface area (Å²) in [6, 6.07) is 8.73. The van der Waals surface area contributed by atoms with Crippen molar-refractivity contribution in [2.45, 2.75) is 33.1 Å². The lowest BCUT2D eigenvalue weighted by molar-refractivity contribution is -0.112. The van der Waals surface area contributed by atoms with E-state index in [-0.39, 0.29) is 17.1 Å². The molecule has 2 N–H and O–H groups in total. The molecule has 1 heterocycles. The summed E-state index contributed by atoms with van der Waals surface area (Å²) >= 11 is 0. The number of ether oxygens (including phenoxy) is 1. The van der Waals surface area contributed by atoms with Crippen LogP contribution in [0.3, 0.4) is 0 Å². The molecular weight excluding hydrogens is 356 g/mol. The SMILES string of the molecule is C=C(C)C(=O)Nc1ccc2nn(-c3cc(OC)cc(C(C)(C)C)c3O)nc2c1. The zero-order valence-electron chi connectivity index (χ0n) is 16.7. The molecule has 0 radical (unpaired) electrons. The molecule has 0 aliphatic rings. The molecule has 1 aromatic heterocycles. The first kappa shape index (κ1) is 19.4. The average molecular weight is 380 g/mol. The second kappa shape index (κ2) is 6.99. The lowest BCUT2D eigenvalue weighted by Crippen LogP contribution is -2.13. The molecule has 0 bridgehead atoms. The lowest BCUT2D eigenvalue weighted by atomic mass is 9.86. The zero-order valence-corrected chi connectivity index (χ0v) is 16.7. The number of aromatic nitrogens is 3. The molecule has 0 spiro atoms. The van der Waals surface area contributed by atoms with E-state index in [1.165, 1.54) is 4.80 Å². The molecule has 7 nitrogen and oxygen atoms in total. The summed E-state index contributed by atoms with van der Waals surface area (Å²) in [5, 5.41) is 22.5. The number of phenolic OH excluding ortho intramolecular Hbond substituents is 1. The number of methoxy groups -OCH3 is 1. The molecule has 3 aromatic rings. The first-order valence-electron chi connectivity index (χ1n) is 8.86. The Labute approximate surface area is 163 Å². The van der Waals surface area contributed by atoms with Gasteiger partial charge in [0, 0.05) is 22.9 Å². The van der Waals surface area contributed by atoms with E-state index in [1.807, 2.05) is 26.8 Å². The van der Waals surface area contributed by atoms with Crippen LogP contribution in [0, 0.1) is 0 Å². The highest BCUT2D eigenvalue weighted by Gasteiger charge is 2.23. The van der Waals surface area contributed by atoms with Crippen molar-refractivity contribution in [3.05, 3.63) is 48.0 Å². The quantitative estimate of drug-likeness (QED) is 0.669. The van der Waals surface area contributed by atoms with E-state index in [2.05, 4.69) is 22.1 Å². The van der Waals surface area contributed by atoms with Crippen LogP contribution in [0.15, 0.2) is 42.5 Å². The summed E-state index contributed by atoms with van der Waals surface area (Å²) < 4.78 is 5.39. The molecule has 0 saturated carbocycles. The van der Waals surface area contributed by atoms with Crippen LogP contribution in [0.25, 0.3) is 16.7 Å². The van der Waals surface area contributed by atoms with Gasteiger partial charge in [0.2, 0.25) is 0 Å². The van der Waals surface area contributed by atoms with Crippen LogP contribution >= 0.6 is 0 Å². The topological polar surface area (TPSA) is 89.3 Å². The van der Waals surface area contributed by atoms with Gasteiger partial charge in [-0.1, -0.05) is 27.4 Å². The van der Waals surface area contributed by atoms with Gasteiger partial charge in [-0.15, -0.1) is 15.0 Å². The summed E-state index contributed by atoms with van der Waals surface area (Å²) in [5.41, 5.74) is 3.09. The third kappa shape index (κ3) is 3.69. The normalized spacial score (nSPS) is 11.5. The van der Waals surface area contributed by atoms with Crippen LogP contribution in [0.4, 0.5) is 5.69 Å². The Morgan fingerprint density at radius 3 is 2.46 bits per heavy atom. The van der Waals surface area contributed by atoms with Crippen LogP contribution in [0.1, 0.15) is 33.3 Å². The summed E-state index contributed by atoms with van der Waals surface area (Å²) in [6.07, 6.45) is 0. The Hall–Kier alpha value is -3.35. The van der Waals surface area contributed by atoms with E-state index in [0.717, 1.165) is 5.56 Å². The maximum atomic E-state index is 11.8. The number of rotatable bonds is 4. The molecule has 0 aliphatic heterocycles. The van der Waals surface area contributed by atoms with E-state index in [0.29, 0.717) is 33.7 Å². The predicted octanol–water partition coefficient (Wildman–Crippen LogP) is 3.95. The Morgan fingerprint density at radius 1 is 1.18 bits per heavy atom. The number of nitrogens with one attached hydrogen (secondary N) is 1. The minimum absolute atomic E-state index is 0.101. The maximum Gasteiger partial charge on any atom is 0.250 e. The standard InChI is InChI=1S/C21H24N4O3/c1-12(2)20(27)22-13-7-8-16-17(9-13)24-25(23-16)18-11-14(28-6)10-15(19(18)26)21(3,4)5/h7-11,26H,1H2,2-6H3,(H,22,27). The molecule has 7 heteroatoms. The molecule has 2 aromatic carbocycles. The van der Waals surface area contributed by atoms with Crippen molar-refractivity contribution in [2.75, 3.05) is 12.4 Å². The smallest absolute Gasteiger partial charge is 0.250 e. The van der Waals surface area contributed by atoms with E-state index in [1.54, 1.807) is 38.3 Å². The second-order valence-electron chi connectivity index (χ2n) is 7.72. The van der Waals surface area contributed by atoms with Crippen molar-refractivity contribution < 1.29 is 14.6 Å². The van der Waals surface area contributed by atoms with Crippen molar-refractivity contribution in [1.82, 2.24) is 15.0 Å². The van der Waals surface area contributed by atoms with Crippen LogP contribution in [-0.4, -0.2) is 33.1 Å². The van der Waals surface area contributed by atoms with Gasteiger partial charge in [0.05, 0.1) is 7.11 Å². The van der Waals surface area contributed by atoms with E-state index >= 15 is 0 Å². The summed E-state index contributed by atoms with van der Waals surface area (Å²) in [5.74, 6) is 0.449. The maximum absolute atomic E-state index is 11.8. The Balaban J connectivity index is 2.09. The summed E-state index contributed by atoms with van der Waals surface area (Å²) in [4.78, 5) is 13.2. The van der Waals surface area contributed by atoms with Gasteiger partial charge >= 0.3 is 0 Å². The molecule has 0 unspecified atom stereocenters. The highest BCUT2D eigenvalue weighted by Crippen LogP contribution is 2.38. The van der Waals surface area contributed by atoms with Crippen molar-refractivity contribution in [3.63, 3.8) is 0 Å². The number of hydrogen-bond donors (Lipinski definition) is 2. The molecule has 3 rings (SSSR count). The van der Waals surface area contributed by atoms with Crippen molar-refractivity contribution >= 4 is 22.6 Å². The Morgan fingerprint density at radius 2 is 1.86 bits per heavy atom. The third-order valence-electron chi connectivity index (χ3n) is 4.35. The fourth-order valence-electron chi connectivity index (χ4n) is 2.77. The molecule has 0 aliphatic carbocycles. The predicted molar refractivity (Wildman–Crippen MR) is 109 cm³/mol. The Kier molecular flexibility index (Phi) is 4.85. The number of nitrogens with zero attached hydrogens (tertiary/aromatic N) is 3. The van der Waals surface area contributed by atoms with Gasteiger partial charge in [0.15, 0.2) is 0 Å². The van der Waals surface area contributed by atoms with Crippen molar-refractivity contribution in [3.8, 4) is 17.2 Å². The van der Waals surface area contributed by atoms with Gasteiger partial charge in [0.1, 0.15) is 28.2 Å². The fraction of sp³-hybridized carbons (Fsp3) is 0.286. The van der Waals surface area contributed by atoms with Gasteiger partial charge < -0.3 is 15.2 Å². The number of fused-ring (bicyclic) bond motifs is 1. The minimum atomic E-state index is -0.292. The van der Waals surface area contributed by atoms with Crippen molar-refractivity contribution in [2.24, 2.45) is 0 Å². The second-order valence-corrected chi connectivity index (χ2v) is 7.72. The fourth-order valence-corrected chi connectivity index (χ4v) is 2.77. The zero-order chi connectivity index (χ0) is 20.6. The van der Waals surface area contributed by atoms with Crippen LogP contribution in [-0.2, 0) is 10.2 Å². The largest absolute Gasteiger partial charge is 0.505 e. The summed E-state index contributed by atoms with van der Waals surface area (Å²) in [6.45, 7) is 11.3. The Bertz CT molecular complexity index is 1080. The average Bonchev–Trinajstić information content (AvgIpc) is 3.03. The highest BCUT2D eigenvalue weighted by atomic mass is 16.5. The van der Waals surface area contributed by atoms with E-state index < -0.39 is 0 Å². The number of hydrogen-bond acceptors (Lipinski definition) is 5. The first-order chi connectivity index (χ1) is 13.1. The molecule has 1 amide bonds. The monoisotopic (exact) mass is 380 g/mol. The van der Waals surface area contributed by atoms with E-state index in [4.69, 9.17) is 4.74 Å². The molecule has 0 saturated heterocycles. The third-order valence-corrected chi connectivity index (χ3v) is 4.35. The number of carbonyl (C=O) groups excluding carboxylic acids is 1. The van der Waals surface area contributed by atoms with Gasteiger partial charge in [-0.3, -0.25) is 4.79 Å². The molecule has 0 atom stereocenters.